The van der Waals surface area contributed by atoms with Gasteiger partial charge in [0.05, 0.1) is 12.7 Å². The largest absolute Gasteiger partial charge is 0.496 e. The molecule has 0 atom stereocenters. The van der Waals surface area contributed by atoms with Gasteiger partial charge >= 0.3 is 0 Å². The van der Waals surface area contributed by atoms with E-state index in [-0.39, 0.29) is 11.5 Å². The third kappa shape index (κ3) is 3.21. The molecule has 2 aromatic rings. The van der Waals surface area contributed by atoms with E-state index in [1.165, 1.54) is 11.0 Å². The van der Waals surface area contributed by atoms with Gasteiger partial charge in [-0.05, 0) is 24.6 Å². The van der Waals surface area contributed by atoms with Gasteiger partial charge in [-0.1, -0.05) is 30.3 Å². The fraction of sp³-hybridized carbons (Fsp3) is 0.235. The Morgan fingerprint density at radius 3 is 2.62 bits per heavy atom. The molecule has 2 aromatic carbocycles. The first-order valence-electron chi connectivity index (χ1n) is 6.67. The van der Waals surface area contributed by atoms with E-state index in [2.05, 4.69) is 0 Å². The second kappa shape index (κ2) is 6.39. The highest BCUT2D eigenvalue weighted by Gasteiger charge is 2.18. The van der Waals surface area contributed by atoms with Crippen molar-refractivity contribution in [2.75, 3.05) is 14.2 Å². The van der Waals surface area contributed by atoms with Crippen LogP contribution in [-0.4, -0.2) is 25.0 Å². The van der Waals surface area contributed by atoms with Crippen molar-refractivity contribution < 1.29 is 13.9 Å². The van der Waals surface area contributed by atoms with Crippen LogP contribution >= 0.6 is 0 Å². The number of carbonyl (C=O) groups is 1. The molecule has 0 aromatic heterocycles. The van der Waals surface area contributed by atoms with E-state index >= 15 is 0 Å². The normalized spacial score (nSPS) is 10.3. The summed E-state index contributed by atoms with van der Waals surface area (Å²) in [5, 5.41) is 0. The number of aryl methyl sites for hydroxylation is 1. The Morgan fingerprint density at radius 1 is 1.19 bits per heavy atom. The van der Waals surface area contributed by atoms with E-state index in [1.54, 1.807) is 33.2 Å². The predicted molar refractivity (Wildman–Crippen MR) is 79.9 cm³/mol. The second-order valence-corrected chi connectivity index (χ2v) is 4.91. The summed E-state index contributed by atoms with van der Waals surface area (Å²) < 4.78 is 19.3. The van der Waals surface area contributed by atoms with Crippen molar-refractivity contribution >= 4 is 5.91 Å². The minimum Gasteiger partial charge on any atom is -0.496 e. The fourth-order valence-electron chi connectivity index (χ4n) is 2.18. The molecule has 0 radical (unpaired) electrons. The van der Waals surface area contributed by atoms with Crippen LogP contribution in [0.3, 0.4) is 0 Å². The Labute approximate surface area is 124 Å². The summed E-state index contributed by atoms with van der Waals surface area (Å²) in [5.41, 5.74) is 1.43. The number of ether oxygens (including phenoxy) is 1. The van der Waals surface area contributed by atoms with Gasteiger partial charge in [0.15, 0.2) is 0 Å². The lowest BCUT2D eigenvalue weighted by Gasteiger charge is -2.19. The summed E-state index contributed by atoms with van der Waals surface area (Å²) in [5.74, 6) is -0.0988. The van der Waals surface area contributed by atoms with Crippen molar-refractivity contribution in [3.05, 3.63) is 65.0 Å². The lowest BCUT2D eigenvalue weighted by Crippen LogP contribution is -2.27. The zero-order valence-electron chi connectivity index (χ0n) is 12.4. The summed E-state index contributed by atoms with van der Waals surface area (Å²) in [6.07, 6.45) is 0. The molecule has 21 heavy (non-hydrogen) atoms. The van der Waals surface area contributed by atoms with Crippen LogP contribution in [0.25, 0.3) is 0 Å². The van der Waals surface area contributed by atoms with E-state index < -0.39 is 5.82 Å². The first-order valence-corrected chi connectivity index (χ1v) is 6.67. The number of methoxy groups -OCH3 is 1. The van der Waals surface area contributed by atoms with Gasteiger partial charge in [0, 0.05) is 19.2 Å². The Balaban J connectivity index is 2.22. The average molecular weight is 287 g/mol. The van der Waals surface area contributed by atoms with E-state index in [0.717, 1.165) is 5.56 Å². The molecule has 0 N–H and O–H groups in total. The molecule has 0 aliphatic heterocycles. The van der Waals surface area contributed by atoms with Gasteiger partial charge in [0.1, 0.15) is 11.6 Å². The van der Waals surface area contributed by atoms with Crippen LogP contribution in [0.15, 0.2) is 42.5 Å². The quantitative estimate of drug-likeness (QED) is 0.862. The highest BCUT2D eigenvalue weighted by atomic mass is 19.1. The van der Waals surface area contributed by atoms with E-state index in [1.807, 2.05) is 24.3 Å². The van der Waals surface area contributed by atoms with Crippen molar-refractivity contribution in [3.8, 4) is 5.75 Å². The number of rotatable bonds is 4. The molecule has 0 fully saturated rings. The zero-order valence-corrected chi connectivity index (χ0v) is 12.4. The zero-order chi connectivity index (χ0) is 15.4. The van der Waals surface area contributed by atoms with E-state index in [4.69, 9.17) is 4.74 Å². The minimum atomic E-state index is -0.464. The van der Waals surface area contributed by atoms with Crippen molar-refractivity contribution in [2.24, 2.45) is 0 Å². The average Bonchev–Trinajstić information content (AvgIpc) is 2.50. The summed E-state index contributed by atoms with van der Waals surface area (Å²) in [6.45, 7) is 2.00. The first-order chi connectivity index (χ1) is 10.0. The van der Waals surface area contributed by atoms with Crippen LogP contribution in [0.1, 0.15) is 21.5 Å². The molecule has 0 spiro atoms. The Morgan fingerprint density at radius 2 is 1.90 bits per heavy atom. The van der Waals surface area contributed by atoms with Gasteiger partial charge in [-0.2, -0.15) is 0 Å². The van der Waals surface area contributed by atoms with Crippen LogP contribution < -0.4 is 4.74 Å². The minimum absolute atomic E-state index is 0.0902. The highest BCUT2D eigenvalue weighted by Crippen LogP contribution is 2.20. The summed E-state index contributed by atoms with van der Waals surface area (Å²) >= 11 is 0. The third-order valence-corrected chi connectivity index (χ3v) is 3.37. The number of benzene rings is 2. The highest BCUT2D eigenvalue weighted by molar-refractivity contribution is 5.94. The lowest BCUT2D eigenvalue weighted by molar-refractivity contribution is 0.0779. The SMILES string of the molecule is COc1ccccc1CN(C)C(=O)c1cccc(C)c1F. The van der Waals surface area contributed by atoms with E-state index in [0.29, 0.717) is 17.9 Å². The first kappa shape index (κ1) is 15.0. The van der Waals surface area contributed by atoms with Gasteiger partial charge < -0.3 is 9.64 Å². The Kier molecular flexibility index (Phi) is 4.58. The molecule has 0 aliphatic rings. The number of halogens is 1. The molecule has 0 aliphatic carbocycles. The standard InChI is InChI=1S/C17H18FNO2/c1-12-7-6-9-14(16(12)18)17(20)19(2)11-13-8-4-5-10-15(13)21-3/h4-10H,11H2,1-3H3. The topological polar surface area (TPSA) is 29.5 Å². The maximum Gasteiger partial charge on any atom is 0.256 e. The third-order valence-electron chi connectivity index (χ3n) is 3.37. The number of hydrogen-bond donors (Lipinski definition) is 0. The van der Waals surface area contributed by atoms with Crippen molar-refractivity contribution in [2.45, 2.75) is 13.5 Å². The molecule has 4 heteroatoms. The number of hydrogen-bond acceptors (Lipinski definition) is 2. The van der Waals surface area contributed by atoms with Gasteiger partial charge in [-0.25, -0.2) is 4.39 Å². The van der Waals surface area contributed by atoms with Crippen molar-refractivity contribution in [1.82, 2.24) is 4.90 Å². The second-order valence-electron chi connectivity index (χ2n) is 4.91. The molecule has 1 amide bonds. The van der Waals surface area contributed by atoms with Crippen LogP contribution in [0.5, 0.6) is 5.75 Å². The monoisotopic (exact) mass is 287 g/mol. The summed E-state index contributed by atoms with van der Waals surface area (Å²) in [4.78, 5) is 13.8. The van der Waals surface area contributed by atoms with Crippen LogP contribution in [0.2, 0.25) is 0 Å². The number of amides is 1. The maximum absolute atomic E-state index is 14.0. The van der Waals surface area contributed by atoms with Gasteiger partial charge in [-0.15, -0.1) is 0 Å². The molecule has 0 bridgehead atoms. The van der Waals surface area contributed by atoms with Gasteiger partial charge in [0.25, 0.3) is 5.91 Å². The molecule has 0 saturated carbocycles. The van der Waals surface area contributed by atoms with Crippen molar-refractivity contribution in [1.29, 1.82) is 0 Å². The molecular formula is C17H18FNO2. The van der Waals surface area contributed by atoms with Gasteiger partial charge in [0.2, 0.25) is 0 Å². The summed E-state index contributed by atoms with van der Waals surface area (Å²) in [7, 11) is 3.23. The summed E-state index contributed by atoms with van der Waals surface area (Å²) in [6, 6.07) is 12.3. The smallest absolute Gasteiger partial charge is 0.256 e. The molecule has 0 saturated heterocycles. The van der Waals surface area contributed by atoms with Crippen LogP contribution in [0.4, 0.5) is 4.39 Å². The molecular weight excluding hydrogens is 269 g/mol. The molecule has 2 rings (SSSR count). The van der Waals surface area contributed by atoms with Crippen LogP contribution in [0, 0.1) is 12.7 Å². The molecule has 3 nitrogen and oxygen atoms in total. The predicted octanol–water partition coefficient (Wildman–Crippen LogP) is 3.41. The van der Waals surface area contributed by atoms with Gasteiger partial charge in [-0.3, -0.25) is 4.79 Å². The van der Waals surface area contributed by atoms with Crippen LogP contribution in [-0.2, 0) is 6.54 Å². The molecule has 110 valence electrons. The Hall–Kier alpha value is -2.36. The maximum atomic E-state index is 14.0. The number of para-hydroxylation sites is 1. The van der Waals surface area contributed by atoms with E-state index in [9.17, 15) is 9.18 Å². The number of carbonyl (C=O) groups excluding carboxylic acids is 1. The molecule has 0 heterocycles. The Bertz CT molecular complexity index is 655. The molecule has 0 unspecified atom stereocenters. The lowest BCUT2D eigenvalue weighted by atomic mass is 10.1. The van der Waals surface area contributed by atoms with Crippen molar-refractivity contribution in [3.63, 3.8) is 0 Å². The fourth-order valence-corrected chi connectivity index (χ4v) is 2.18. The number of nitrogens with zero attached hydrogens (tertiary/aromatic N) is 1.